The molecule has 1 saturated heterocycles. The van der Waals surface area contributed by atoms with Gasteiger partial charge in [-0.1, -0.05) is 19.8 Å². The molecule has 0 atom stereocenters. The van der Waals surface area contributed by atoms with Crippen molar-refractivity contribution in [2.45, 2.75) is 57.5 Å². The Morgan fingerprint density at radius 3 is 2.39 bits per heavy atom. The van der Waals surface area contributed by atoms with E-state index in [2.05, 4.69) is 29.1 Å². The van der Waals surface area contributed by atoms with Crippen LogP contribution >= 0.6 is 0 Å². The molecule has 0 aromatic heterocycles. The lowest BCUT2D eigenvalue weighted by molar-refractivity contribution is 0.131. The van der Waals surface area contributed by atoms with Crippen molar-refractivity contribution in [1.29, 1.82) is 0 Å². The maximum Gasteiger partial charge on any atom is 0.0117 e. The second-order valence-electron chi connectivity index (χ2n) is 6.08. The first-order valence-corrected chi connectivity index (χ1v) is 7.95. The van der Waals surface area contributed by atoms with Gasteiger partial charge in [-0.2, -0.15) is 0 Å². The summed E-state index contributed by atoms with van der Waals surface area (Å²) in [5, 5.41) is 3.72. The highest BCUT2D eigenvalue weighted by Crippen LogP contribution is 2.18. The summed E-state index contributed by atoms with van der Waals surface area (Å²) in [7, 11) is 2.31. The minimum absolute atomic E-state index is 0.818. The minimum Gasteiger partial charge on any atom is -0.313 e. The molecule has 1 aliphatic heterocycles. The lowest BCUT2D eigenvalue weighted by Gasteiger charge is -2.36. The van der Waals surface area contributed by atoms with Crippen molar-refractivity contribution in [1.82, 2.24) is 15.1 Å². The highest BCUT2D eigenvalue weighted by atomic mass is 15.2. The fourth-order valence-electron chi connectivity index (χ4n) is 3.43. The first-order chi connectivity index (χ1) is 8.79. The van der Waals surface area contributed by atoms with Crippen LogP contribution in [-0.2, 0) is 0 Å². The molecule has 18 heavy (non-hydrogen) atoms. The van der Waals surface area contributed by atoms with E-state index < -0.39 is 0 Å². The van der Waals surface area contributed by atoms with Crippen LogP contribution in [0, 0.1) is 0 Å². The molecule has 0 unspecified atom stereocenters. The average molecular weight is 253 g/mol. The van der Waals surface area contributed by atoms with E-state index in [-0.39, 0.29) is 0 Å². The molecule has 2 rings (SSSR count). The van der Waals surface area contributed by atoms with E-state index in [0.717, 1.165) is 12.1 Å². The number of hydrogen-bond donors (Lipinski definition) is 1. The van der Waals surface area contributed by atoms with Crippen LogP contribution in [-0.4, -0.2) is 61.7 Å². The zero-order valence-electron chi connectivity index (χ0n) is 12.3. The number of rotatable bonds is 6. The van der Waals surface area contributed by atoms with Crippen LogP contribution in [0.2, 0.25) is 0 Å². The summed E-state index contributed by atoms with van der Waals surface area (Å²) >= 11 is 0. The van der Waals surface area contributed by atoms with Crippen molar-refractivity contribution in [2.75, 3.05) is 39.8 Å². The zero-order chi connectivity index (χ0) is 12.8. The van der Waals surface area contributed by atoms with Gasteiger partial charge in [-0.05, 0) is 52.4 Å². The SMILES string of the molecule is CCN1CCC(N(C)CCNC2CCCC2)CC1. The first kappa shape index (κ1) is 14.3. The maximum absolute atomic E-state index is 3.72. The normalized spacial score (nSPS) is 24.2. The van der Waals surface area contributed by atoms with E-state index >= 15 is 0 Å². The standard InChI is InChI=1S/C15H31N3/c1-3-18-11-8-15(9-12-18)17(2)13-10-16-14-6-4-5-7-14/h14-16H,3-13H2,1-2H3. The molecular formula is C15H31N3. The van der Waals surface area contributed by atoms with Gasteiger partial charge >= 0.3 is 0 Å². The molecule has 1 aliphatic carbocycles. The van der Waals surface area contributed by atoms with E-state index in [4.69, 9.17) is 0 Å². The summed E-state index contributed by atoms with van der Waals surface area (Å²) in [6, 6.07) is 1.64. The lowest BCUT2D eigenvalue weighted by atomic mass is 10.0. The van der Waals surface area contributed by atoms with Crippen LogP contribution < -0.4 is 5.32 Å². The summed E-state index contributed by atoms with van der Waals surface area (Å²) in [6.45, 7) is 8.47. The number of likely N-dealkylation sites (tertiary alicyclic amines) is 1. The second-order valence-corrected chi connectivity index (χ2v) is 6.08. The quantitative estimate of drug-likeness (QED) is 0.780. The molecule has 3 nitrogen and oxygen atoms in total. The molecule has 3 heteroatoms. The molecule has 2 fully saturated rings. The number of likely N-dealkylation sites (N-methyl/N-ethyl adjacent to an activating group) is 1. The highest BCUT2D eigenvalue weighted by molar-refractivity contribution is 4.79. The Morgan fingerprint density at radius 1 is 1.11 bits per heavy atom. The number of nitrogens with zero attached hydrogens (tertiary/aromatic N) is 2. The maximum atomic E-state index is 3.72. The number of hydrogen-bond acceptors (Lipinski definition) is 3. The van der Waals surface area contributed by atoms with Gasteiger partial charge in [0, 0.05) is 25.2 Å². The Balaban J connectivity index is 1.58. The summed E-state index contributed by atoms with van der Waals surface area (Å²) in [5.41, 5.74) is 0. The van der Waals surface area contributed by atoms with Gasteiger partial charge in [-0.25, -0.2) is 0 Å². The third-order valence-corrected chi connectivity index (χ3v) is 4.88. The van der Waals surface area contributed by atoms with E-state index in [1.54, 1.807) is 0 Å². The Labute approximate surface area is 113 Å². The summed E-state index contributed by atoms with van der Waals surface area (Å²) in [6.07, 6.45) is 8.38. The zero-order valence-corrected chi connectivity index (χ0v) is 12.3. The van der Waals surface area contributed by atoms with Gasteiger partial charge in [-0.3, -0.25) is 0 Å². The van der Waals surface area contributed by atoms with Crippen molar-refractivity contribution in [3.63, 3.8) is 0 Å². The molecule has 1 heterocycles. The van der Waals surface area contributed by atoms with Gasteiger partial charge in [0.05, 0.1) is 0 Å². The van der Waals surface area contributed by atoms with E-state index in [1.807, 2.05) is 0 Å². The van der Waals surface area contributed by atoms with Gasteiger partial charge in [0.15, 0.2) is 0 Å². The highest BCUT2D eigenvalue weighted by Gasteiger charge is 2.21. The van der Waals surface area contributed by atoms with Crippen molar-refractivity contribution in [3.05, 3.63) is 0 Å². The monoisotopic (exact) mass is 253 g/mol. The molecule has 0 bridgehead atoms. The van der Waals surface area contributed by atoms with E-state index in [1.165, 1.54) is 71.2 Å². The van der Waals surface area contributed by atoms with Gasteiger partial charge in [-0.15, -0.1) is 0 Å². The van der Waals surface area contributed by atoms with Crippen molar-refractivity contribution in [2.24, 2.45) is 0 Å². The average Bonchev–Trinajstić information content (AvgIpc) is 2.92. The Hall–Kier alpha value is -0.120. The van der Waals surface area contributed by atoms with Crippen LogP contribution in [0.4, 0.5) is 0 Å². The third kappa shape index (κ3) is 4.22. The Morgan fingerprint density at radius 2 is 1.78 bits per heavy atom. The largest absolute Gasteiger partial charge is 0.313 e. The number of piperidine rings is 1. The first-order valence-electron chi connectivity index (χ1n) is 7.95. The van der Waals surface area contributed by atoms with Crippen molar-refractivity contribution >= 4 is 0 Å². The molecule has 0 spiro atoms. The van der Waals surface area contributed by atoms with Crippen molar-refractivity contribution < 1.29 is 0 Å². The van der Waals surface area contributed by atoms with Crippen molar-refractivity contribution in [3.8, 4) is 0 Å². The van der Waals surface area contributed by atoms with Crippen LogP contribution in [0.1, 0.15) is 45.4 Å². The third-order valence-electron chi connectivity index (χ3n) is 4.88. The van der Waals surface area contributed by atoms with Gasteiger partial charge < -0.3 is 15.1 Å². The van der Waals surface area contributed by atoms with Gasteiger partial charge in [0.2, 0.25) is 0 Å². The molecule has 0 aromatic rings. The lowest BCUT2D eigenvalue weighted by Crippen LogP contribution is -2.45. The number of nitrogens with one attached hydrogen (secondary N) is 1. The van der Waals surface area contributed by atoms with Crippen LogP contribution in [0.25, 0.3) is 0 Å². The predicted octanol–water partition coefficient (Wildman–Crippen LogP) is 1.93. The summed E-state index contributed by atoms with van der Waals surface area (Å²) < 4.78 is 0. The molecule has 0 radical (unpaired) electrons. The van der Waals surface area contributed by atoms with E-state index in [9.17, 15) is 0 Å². The molecule has 1 saturated carbocycles. The smallest absolute Gasteiger partial charge is 0.0117 e. The summed E-state index contributed by atoms with van der Waals surface area (Å²) in [5.74, 6) is 0. The minimum atomic E-state index is 0.818. The molecule has 106 valence electrons. The Kier molecular flexibility index (Phi) is 5.93. The molecule has 1 N–H and O–H groups in total. The second kappa shape index (κ2) is 7.46. The molecule has 2 aliphatic rings. The molecule has 0 amide bonds. The van der Waals surface area contributed by atoms with E-state index in [0.29, 0.717) is 0 Å². The topological polar surface area (TPSA) is 18.5 Å². The van der Waals surface area contributed by atoms with Gasteiger partial charge in [0.25, 0.3) is 0 Å². The Bertz CT molecular complexity index is 218. The fraction of sp³-hybridized carbons (Fsp3) is 1.00. The summed E-state index contributed by atoms with van der Waals surface area (Å²) in [4.78, 5) is 5.15. The van der Waals surface area contributed by atoms with Crippen LogP contribution in [0.15, 0.2) is 0 Å². The molecule has 0 aromatic carbocycles. The fourth-order valence-corrected chi connectivity index (χ4v) is 3.43. The van der Waals surface area contributed by atoms with Crippen LogP contribution in [0.5, 0.6) is 0 Å². The molecular weight excluding hydrogens is 222 g/mol. The predicted molar refractivity (Wildman–Crippen MR) is 78.0 cm³/mol. The van der Waals surface area contributed by atoms with Crippen LogP contribution in [0.3, 0.4) is 0 Å². The van der Waals surface area contributed by atoms with Gasteiger partial charge in [0.1, 0.15) is 0 Å².